The highest BCUT2D eigenvalue weighted by Gasteiger charge is 2.27. The zero-order chi connectivity index (χ0) is 26.6. The average molecular weight is 523 g/mol. The van der Waals surface area contributed by atoms with E-state index in [0.29, 0.717) is 36.6 Å². The standard InChI is InChI=1S/C27H30N4O5S/c1-27(2,3)36-25(34)28-17-18-7-6-9-20(15-18)24(33)31-13-11-30(12-14-31)21-10-5-4-8-19(21)16-22-23(32)29-26(35)37-22/h4-10,15-16H,11-14,17H2,1-3H3,(H,28,34)(H,29,32,35)/b22-16-. The first-order valence-electron chi connectivity index (χ1n) is 12.0. The minimum absolute atomic E-state index is 0.0632. The van der Waals surface area contributed by atoms with Gasteiger partial charge in [0.2, 0.25) is 0 Å². The van der Waals surface area contributed by atoms with Gasteiger partial charge in [0.25, 0.3) is 17.1 Å². The number of anilines is 1. The van der Waals surface area contributed by atoms with E-state index in [4.69, 9.17) is 4.74 Å². The minimum atomic E-state index is -0.579. The number of nitrogens with one attached hydrogen (secondary N) is 2. The van der Waals surface area contributed by atoms with Gasteiger partial charge in [0.15, 0.2) is 0 Å². The van der Waals surface area contributed by atoms with Crippen LogP contribution in [0, 0.1) is 0 Å². The van der Waals surface area contributed by atoms with E-state index in [-0.39, 0.29) is 23.6 Å². The number of ether oxygens (including phenoxy) is 1. The van der Waals surface area contributed by atoms with Gasteiger partial charge in [0.05, 0.1) is 4.91 Å². The van der Waals surface area contributed by atoms with Crippen molar-refractivity contribution in [3.05, 3.63) is 70.1 Å². The van der Waals surface area contributed by atoms with Crippen LogP contribution in [0.2, 0.25) is 0 Å². The average Bonchev–Trinajstić information content (AvgIpc) is 3.18. The molecule has 0 bridgehead atoms. The van der Waals surface area contributed by atoms with E-state index in [0.717, 1.165) is 28.6 Å². The van der Waals surface area contributed by atoms with Crippen molar-refractivity contribution >= 4 is 46.7 Å². The van der Waals surface area contributed by atoms with E-state index >= 15 is 0 Å². The van der Waals surface area contributed by atoms with Crippen LogP contribution in [0.15, 0.2) is 53.4 Å². The third-order valence-electron chi connectivity index (χ3n) is 5.78. The van der Waals surface area contributed by atoms with Crippen LogP contribution in [-0.2, 0) is 16.1 Å². The maximum atomic E-state index is 13.2. The minimum Gasteiger partial charge on any atom is -0.444 e. The van der Waals surface area contributed by atoms with Gasteiger partial charge in [-0.15, -0.1) is 0 Å². The number of alkyl carbamates (subject to hydrolysis) is 1. The predicted octanol–water partition coefficient (Wildman–Crippen LogP) is 4.00. The third kappa shape index (κ3) is 6.91. The van der Waals surface area contributed by atoms with Gasteiger partial charge in [-0.25, -0.2) is 4.79 Å². The first-order valence-corrected chi connectivity index (χ1v) is 12.8. The van der Waals surface area contributed by atoms with Gasteiger partial charge in [-0.3, -0.25) is 19.7 Å². The van der Waals surface area contributed by atoms with E-state index in [1.165, 1.54) is 0 Å². The third-order valence-corrected chi connectivity index (χ3v) is 6.59. The fourth-order valence-electron chi connectivity index (χ4n) is 4.10. The number of nitrogens with zero attached hydrogens (tertiary/aromatic N) is 2. The Morgan fingerprint density at radius 2 is 1.78 bits per heavy atom. The molecule has 2 aliphatic rings. The van der Waals surface area contributed by atoms with Crippen LogP contribution in [0.4, 0.5) is 15.3 Å². The lowest BCUT2D eigenvalue weighted by atomic mass is 10.1. The Morgan fingerprint density at radius 3 is 2.46 bits per heavy atom. The lowest BCUT2D eigenvalue weighted by Gasteiger charge is -2.37. The Labute approximate surface area is 220 Å². The number of benzene rings is 2. The van der Waals surface area contributed by atoms with Crippen molar-refractivity contribution in [3.63, 3.8) is 0 Å². The number of imide groups is 1. The SMILES string of the molecule is CC(C)(C)OC(=O)NCc1cccc(C(=O)N2CCN(c3ccccc3/C=C3\SC(=O)NC3=O)CC2)c1. The second-order valence-electron chi connectivity index (χ2n) is 9.75. The lowest BCUT2D eigenvalue weighted by molar-refractivity contribution is -0.115. The summed E-state index contributed by atoms with van der Waals surface area (Å²) in [5.74, 6) is -0.449. The van der Waals surface area contributed by atoms with Crippen molar-refractivity contribution in [1.29, 1.82) is 0 Å². The lowest BCUT2D eigenvalue weighted by Crippen LogP contribution is -2.49. The van der Waals surface area contributed by atoms with Crippen molar-refractivity contribution in [2.24, 2.45) is 0 Å². The molecule has 2 aromatic carbocycles. The van der Waals surface area contributed by atoms with Crippen LogP contribution < -0.4 is 15.5 Å². The summed E-state index contributed by atoms with van der Waals surface area (Å²) < 4.78 is 5.26. The molecule has 0 saturated carbocycles. The normalized spacial score (nSPS) is 17.1. The zero-order valence-electron chi connectivity index (χ0n) is 21.1. The Bertz CT molecular complexity index is 1250. The molecular formula is C27H30N4O5S. The van der Waals surface area contributed by atoms with Crippen LogP contribution >= 0.6 is 11.8 Å². The van der Waals surface area contributed by atoms with Crippen LogP contribution in [0.5, 0.6) is 0 Å². The molecule has 2 N–H and O–H groups in total. The molecule has 4 amide bonds. The Hall–Kier alpha value is -3.79. The smallest absolute Gasteiger partial charge is 0.407 e. The summed E-state index contributed by atoms with van der Waals surface area (Å²) in [6, 6.07) is 14.9. The summed E-state index contributed by atoms with van der Waals surface area (Å²) >= 11 is 0.894. The van der Waals surface area contributed by atoms with Crippen molar-refractivity contribution in [2.45, 2.75) is 32.9 Å². The van der Waals surface area contributed by atoms with E-state index in [2.05, 4.69) is 15.5 Å². The monoisotopic (exact) mass is 522 g/mol. The fourth-order valence-corrected chi connectivity index (χ4v) is 4.77. The molecule has 2 heterocycles. The number of amides is 4. The highest BCUT2D eigenvalue weighted by molar-refractivity contribution is 8.18. The second-order valence-corrected chi connectivity index (χ2v) is 10.8. The molecule has 0 spiro atoms. The van der Waals surface area contributed by atoms with Crippen molar-refractivity contribution in [2.75, 3.05) is 31.1 Å². The van der Waals surface area contributed by atoms with E-state index in [1.807, 2.05) is 35.2 Å². The predicted molar refractivity (Wildman–Crippen MR) is 143 cm³/mol. The summed E-state index contributed by atoms with van der Waals surface area (Å²) in [5.41, 5.74) is 2.59. The number of rotatable bonds is 5. The second kappa shape index (κ2) is 11.1. The van der Waals surface area contributed by atoms with Crippen molar-refractivity contribution in [1.82, 2.24) is 15.5 Å². The molecule has 2 aliphatic heterocycles. The molecule has 9 nitrogen and oxygen atoms in total. The van der Waals surface area contributed by atoms with Crippen molar-refractivity contribution < 1.29 is 23.9 Å². The van der Waals surface area contributed by atoms with Gasteiger partial charge in [-0.2, -0.15) is 0 Å². The van der Waals surface area contributed by atoms with E-state index in [9.17, 15) is 19.2 Å². The van der Waals surface area contributed by atoms with E-state index < -0.39 is 11.7 Å². The quantitative estimate of drug-likeness (QED) is 0.572. The maximum absolute atomic E-state index is 13.2. The maximum Gasteiger partial charge on any atom is 0.407 e. The Balaban J connectivity index is 1.37. The summed E-state index contributed by atoms with van der Waals surface area (Å²) in [6.07, 6.45) is 1.23. The van der Waals surface area contributed by atoms with Gasteiger partial charge >= 0.3 is 6.09 Å². The molecule has 2 aromatic rings. The number of carbonyl (C=O) groups excluding carboxylic acids is 4. The summed E-state index contributed by atoms with van der Waals surface area (Å²) in [7, 11) is 0. The number of thioether (sulfide) groups is 1. The summed E-state index contributed by atoms with van der Waals surface area (Å²) in [5, 5.41) is 4.63. The zero-order valence-corrected chi connectivity index (χ0v) is 21.9. The molecule has 2 saturated heterocycles. The number of carbonyl (C=O) groups is 4. The van der Waals surface area contributed by atoms with Gasteiger partial charge in [0.1, 0.15) is 5.60 Å². The Morgan fingerprint density at radius 1 is 1.05 bits per heavy atom. The summed E-state index contributed by atoms with van der Waals surface area (Å²) in [4.78, 5) is 53.0. The van der Waals surface area contributed by atoms with Gasteiger partial charge < -0.3 is 19.9 Å². The molecule has 0 radical (unpaired) electrons. The van der Waals surface area contributed by atoms with Crippen molar-refractivity contribution in [3.8, 4) is 0 Å². The van der Waals surface area contributed by atoms with Crippen LogP contribution in [0.3, 0.4) is 0 Å². The van der Waals surface area contributed by atoms with Gasteiger partial charge in [-0.05, 0) is 67.9 Å². The fraction of sp³-hybridized carbons (Fsp3) is 0.333. The van der Waals surface area contributed by atoms with Gasteiger partial charge in [-0.1, -0.05) is 30.3 Å². The first-order chi connectivity index (χ1) is 17.6. The molecule has 0 atom stereocenters. The highest BCUT2D eigenvalue weighted by atomic mass is 32.2. The molecular weight excluding hydrogens is 492 g/mol. The molecule has 10 heteroatoms. The molecule has 194 valence electrons. The topological polar surface area (TPSA) is 108 Å². The van der Waals surface area contributed by atoms with Crippen LogP contribution in [0.25, 0.3) is 6.08 Å². The number of para-hydroxylation sites is 1. The van der Waals surface area contributed by atoms with E-state index in [1.54, 1.807) is 45.0 Å². The number of piperazine rings is 1. The first kappa shape index (κ1) is 26.3. The summed E-state index contributed by atoms with van der Waals surface area (Å²) in [6.45, 7) is 8.01. The molecule has 4 rings (SSSR count). The van der Waals surface area contributed by atoms with Gasteiger partial charge in [0, 0.05) is 44.0 Å². The number of hydrogen-bond acceptors (Lipinski definition) is 7. The largest absolute Gasteiger partial charge is 0.444 e. The highest BCUT2D eigenvalue weighted by Crippen LogP contribution is 2.30. The van der Waals surface area contributed by atoms with Crippen LogP contribution in [0.1, 0.15) is 42.3 Å². The molecule has 0 aromatic heterocycles. The molecule has 0 aliphatic carbocycles. The molecule has 0 unspecified atom stereocenters. The van der Waals surface area contributed by atoms with Crippen LogP contribution in [-0.4, -0.2) is 59.8 Å². The Kier molecular flexibility index (Phi) is 7.87. The molecule has 37 heavy (non-hydrogen) atoms. The number of hydrogen-bond donors (Lipinski definition) is 2. The molecule has 2 fully saturated rings.